The number of rotatable bonds is 5. The fourth-order valence-electron chi connectivity index (χ4n) is 4.22. The number of hydrogen-bond donors (Lipinski definition) is 0. The molecule has 28 heavy (non-hydrogen) atoms. The normalized spacial score (nSPS) is 18.2. The number of aromatic nitrogens is 1. The average Bonchev–Trinajstić information content (AvgIpc) is 2.74. The maximum atomic E-state index is 12.7. The molecule has 0 spiro atoms. The fraction of sp³-hybridized carbons (Fsp3) is 0.500. The van der Waals surface area contributed by atoms with Crippen LogP contribution in [-0.4, -0.2) is 38.1 Å². The molecule has 0 radical (unpaired) electrons. The molecular formula is C22H27NO5. The van der Waals surface area contributed by atoms with E-state index in [0.29, 0.717) is 24.8 Å². The number of nitrogens with zero attached hydrogens (tertiary/aromatic N) is 1. The molecular weight excluding hydrogens is 358 g/mol. The summed E-state index contributed by atoms with van der Waals surface area (Å²) in [6.07, 6.45) is 4.15. The Kier molecular flexibility index (Phi) is 5.31. The molecule has 2 aliphatic heterocycles. The van der Waals surface area contributed by atoms with E-state index in [1.807, 2.05) is 19.1 Å². The number of ether oxygens (including phenoxy) is 4. The monoisotopic (exact) mass is 385 g/mol. The van der Waals surface area contributed by atoms with Crippen molar-refractivity contribution < 1.29 is 18.9 Å². The predicted octanol–water partition coefficient (Wildman–Crippen LogP) is 3.34. The molecule has 0 bridgehead atoms. The lowest BCUT2D eigenvalue weighted by Gasteiger charge is -2.29. The van der Waals surface area contributed by atoms with Gasteiger partial charge < -0.3 is 23.5 Å². The lowest BCUT2D eigenvalue weighted by molar-refractivity contribution is -0.0128. The molecule has 2 aliphatic rings. The first kappa shape index (κ1) is 18.9. The van der Waals surface area contributed by atoms with Gasteiger partial charge in [-0.05, 0) is 44.7 Å². The topological polar surface area (TPSA) is 58.9 Å². The Morgan fingerprint density at radius 2 is 2.07 bits per heavy atom. The zero-order chi connectivity index (χ0) is 19.7. The van der Waals surface area contributed by atoms with Crippen LogP contribution in [0.1, 0.15) is 30.4 Å². The lowest BCUT2D eigenvalue weighted by atomic mass is 9.93. The zero-order valence-corrected chi connectivity index (χ0v) is 16.7. The minimum Gasteiger partial charge on any atom is -0.493 e. The van der Waals surface area contributed by atoms with E-state index in [2.05, 4.69) is 4.57 Å². The summed E-state index contributed by atoms with van der Waals surface area (Å²) in [4.78, 5) is 12.7. The summed E-state index contributed by atoms with van der Waals surface area (Å²) >= 11 is 0. The number of hydrogen-bond acceptors (Lipinski definition) is 5. The van der Waals surface area contributed by atoms with Gasteiger partial charge in [-0.1, -0.05) is 0 Å². The number of pyridine rings is 1. The largest absolute Gasteiger partial charge is 0.493 e. The summed E-state index contributed by atoms with van der Waals surface area (Å²) in [5.41, 5.74) is 3.66. The standard InChI is InChI=1S/C22H27NO5/c1-14-18(24)12-20(28-13-15-6-4-5-11-27-15)23-10-9-17-16(21(14)23)7-8-19(25-2)22(17)26-3/h7-8,12,15H,4-6,9-11,13H2,1-3H3. The Morgan fingerprint density at radius 3 is 2.79 bits per heavy atom. The molecule has 0 N–H and O–H groups in total. The molecule has 1 aromatic heterocycles. The van der Waals surface area contributed by atoms with Gasteiger partial charge in [-0.2, -0.15) is 0 Å². The molecule has 3 heterocycles. The first-order chi connectivity index (χ1) is 13.6. The molecule has 6 nitrogen and oxygen atoms in total. The van der Waals surface area contributed by atoms with Gasteiger partial charge in [0.25, 0.3) is 0 Å². The van der Waals surface area contributed by atoms with E-state index < -0.39 is 0 Å². The van der Waals surface area contributed by atoms with Crippen molar-refractivity contribution in [1.29, 1.82) is 0 Å². The van der Waals surface area contributed by atoms with Crippen molar-refractivity contribution >= 4 is 0 Å². The second-order valence-corrected chi connectivity index (χ2v) is 7.35. The van der Waals surface area contributed by atoms with Crippen molar-refractivity contribution in [3.63, 3.8) is 0 Å². The van der Waals surface area contributed by atoms with Crippen molar-refractivity contribution in [3.05, 3.63) is 39.5 Å². The van der Waals surface area contributed by atoms with Gasteiger partial charge >= 0.3 is 0 Å². The van der Waals surface area contributed by atoms with Crippen LogP contribution in [0.15, 0.2) is 23.0 Å². The van der Waals surface area contributed by atoms with Crippen LogP contribution < -0.4 is 19.6 Å². The van der Waals surface area contributed by atoms with E-state index in [1.54, 1.807) is 20.3 Å². The van der Waals surface area contributed by atoms with Crippen molar-refractivity contribution in [1.82, 2.24) is 4.57 Å². The van der Waals surface area contributed by atoms with E-state index in [9.17, 15) is 4.79 Å². The summed E-state index contributed by atoms with van der Waals surface area (Å²) in [6, 6.07) is 5.50. The molecule has 1 unspecified atom stereocenters. The molecule has 1 saturated heterocycles. The molecule has 4 rings (SSSR count). The number of methoxy groups -OCH3 is 2. The third-order valence-corrected chi connectivity index (χ3v) is 5.70. The molecule has 0 aliphatic carbocycles. The Hall–Kier alpha value is -2.47. The minimum atomic E-state index is -0.0200. The first-order valence-electron chi connectivity index (χ1n) is 9.87. The lowest BCUT2D eigenvalue weighted by Crippen LogP contribution is -2.28. The molecule has 6 heteroatoms. The number of fused-ring (bicyclic) bond motifs is 3. The highest BCUT2D eigenvalue weighted by Gasteiger charge is 2.26. The molecule has 0 amide bonds. The van der Waals surface area contributed by atoms with E-state index in [-0.39, 0.29) is 11.5 Å². The van der Waals surface area contributed by atoms with E-state index in [4.69, 9.17) is 18.9 Å². The van der Waals surface area contributed by atoms with Gasteiger partial charge in [0.1, 0.15) is 6.61 Å². The molecule has 150 valence electrons. The van der Waals surface area contributed by atoms with Gasteiger partial charge in [0, 0.05) is 35.9 Å². The SMILES string of the molecule is COc1ccc2c(c1OC)CCn1c(OCC3CCCCO3)cc(=O)c(C)c1-2. The van der Waals surface area contributed by atoms with E-state index in [1.165, 1.54) is 0 Å². The van der Waals surface area contributed by atoms with Crippen LogP contribution >= 0.6 is 0 Å². The van der Waals surface area contributed by atoms with Crippen LogP contribution in [0.3, 0.4) is 0 Å². The fourth-order valence-corrected chi connectivity index (χ4v) is 4.22. The highest BCUT2D eigenvalue weighted by molar-refractivity contribution is 5.74. The Bertz CT molecular complexity index is 927. The van der Waals surface area contributed by atoms with Crippen molar-refractivity contribution in [3.8, 4) is 28.6 Å². The van der Waals surface area contributed by atoms with E-state index in [0.717, 1.165) is 60.4 Å². The molecule has 1 fully saturated rings. The zero-order valence-electron chi connectivity index (χ0n) is 16.7. The van der Waals surface area contributed by atoms with Crippen LogP contribution in [0, 0.1) is 6.92 Å². The van der Waals surface area contributed by atoms with Crippen LogP contribution in [-0.2, 0) is 17.7 Å². The van der Waals surface area contributed by atoms with Gasteiger partial charge in [0.15, 0.2) is 22.8 Å². The Balaban J connectivity index is 1.75. The first-order valence-corrected chi connectivity index (χ1v) is 9.87. The molecule has 2 aromatic rings. The smallest absolute Gasteiger partial charge is 0.197 e. The second-order valence-electron chi connectivity index (χ2n) is 7.35. The van der Waals surface area contributed by atoms with E-state index >= 15 is 0 Å². The minimum absolute atomic E-state index is 0.0200. The third kappa shape index (κ3) is 3.26. The molecule has 1 aromatic carbocycles. The second kappa shape index (κ2) is 7.87. The predicted molar refractivity (Wildman–Crippen MR) is 107 cm³/mol. The average molecular weight is 385 g/mol. The molecule has 0 saturated carbocycles. The van der Waals surface area contributed by atoms with Gasteiger partial charge in [0.05, 0.1) is 26.0 Å². The maximum Gasteiger partial charge on any atom is 0.197 e. The van der Waals surface area contributed by atoms with Crippen LogP contribution in [0.25, 0.3) is 11.3 Å². The van der Waals surface area contributed by atoms with Crippen molar-refractivity contribution in [2.75, 3.05) is 27.4 Å². The van der Waals surface area contributed by atoms with Gasteiger partial charge in [-0.25, -0.2) is 0 Å². The summed E-state index contributed by atoms with van der Waals surface area (Å²) in [7, 11) is 3.28. The van der Waals surface area contributed by atoms with Gasteiger partial charge in [0.2, 0.25) is 0 Å². The van der Waals surface area contributed by atoms with Crippen LogP contribution in [0.4, 0.5) is 0 Å². The van der Waals surface area contributed by atoms with Crippen molar-refractivity contribution in [2.24, 2.45) is 0 Å². The maximum absolute atomic E-state index is 12.7. The third-order valence-electron chi connectivity index (χ3n) is 5.70. The van der Waals surface area contributed by atoms with Gasteiger partial charge in [-0.3, -0.25) is 4.79 Å². The Labute approximate surface area is 165 Å². The quantitative estimate of drug-likeness (QED) is 0.790. The van der Waals surface area contributed by atoms with Gasteiger partial charge in [-0.15, -0.1) is 0 Å². The highest BCUT2D eigenvalue weighted by Crippen LogP contribution is 2.42. The number of benzene rings is 1. The summed E-state index contributed by atoms with van der Waals surface area (Å²) in [5, 5.41) is 0. The summed E-state index contributed by atoms with van der Waals surface area (Å²) in [5.74, 6) is 2.05. The molecule has 1 atom stereocenters. The highest BCUT2D eigenvalue weighted by atomic mass is 16.5. The van der Waals surface area contributed by atoms with Crippen LogP contribution in [0.2, 0.25) is 0 Å². The van der Waals surface area contributed by atoms with Crippen molar-refractivity contribution in [2.45, 2.75) is 45.3 Å². The Morgan fingerprint density at radius 1 is 1.21 bits per heavy atom. The summed E-state index contributed by atoms with van der Waals surface area (Å²) in [6.45, 7) is 3.84. The van der Waals surface area contributed by atoms with Crippen LogP contribution in [0.5, 0.6) is 17.4 Å². The summed E-state index contributed by atoms with van der Waals surface area (Å²) < 4.78 is 25.0.